The van der Waals surface area contributed by atoms with Crippen LogP contribution in [0.2, 0.25) is 0 Å². The van der Waals surface area contributed by atoms with Gasteiger partial charge >= 0.3 is 0 Å². The van der Waals surface area contributed by atoms with Crippen LogP contribution in [-0.2, 0) is 4.74 Å². The van der Waals surface area contributed by atoms with Gasteiger partial charge in [0, 0.05) is 51.4 Å². The Hall–Kier alpha value is -2.89. The number of aromatic nitrogens is 1. The van der Waals surface area contributed by atoms with E-state index in [2.05, 4.69) is 20.6 Å². The van der Waals surface area contributed by atoms with E-state index < -0.39 is 17.8 Å². The molecule has 2 aromatic rings. The largest absolute Gasteiger partial charge is 0.389 e. The average Bonchev–Trinajstić information content (AvgIpc) is 3.00. The Morgan fingerprint density at radius 3 is 2.97 bits per heavy atom. The van der Waals surface area contributed by atoms with Gasteiger partial charge in [0.15, 0.2) is 5.69 Å². The molecule has 1 amide bonds. The molecule has 170 valence electrons. The van der Waals surface area contributed by atoms with E-state index in [0.29, 0.717) is 23.9 Å². The molecular formula is C21H26FN7O2S. The number of nitrogens with two attached hydrogens (primary N) is 1. The molecule has 2 fully saturated rings. The zero-order chi connectivity index (χ0) is 22.7. The SMILES string of the molecule is CN=C(C(C=N)NC(=O)c1nc(-c2ccccc2F)sc1N)N1CCNCC2(CCO2)C1. The number of halogens is 1. The number of ether oxygens (including phenoxy) is 1. The van der Waals surface area contributed by atoms with Crippen LogP contribution in [0.15, 0.2) is 29.3 Å². The van der Waals surface area contributed by atoms with Crippen LogP contribution in [0, 0.1) is 11.2 Å². The van der Waals surface area contributed by atoms with Crippen LogP contribution in [0.25, 0.3) is 10.6 Å². The zero-order valence-electron chi connectivity index (χ0n) is 17.7. The van der Waals surface area contributed by atoms with Crippen LogP contribution in [0.5, 0.6) is 0 Å². The maximum Gasteiger partial charge on any atom is 0.273 e. The van der Waals surface area contributed by atoms with Crippen molar-refractivity contribution in [2.75, 3.05) is 45.6 Å². The second-order valence-electron chi connectivity index (χ2n) is 7.79. The highest BCUT2D eigenvalue weighted by Crippen LogP contribution is 2.32. The van der Waals surface area contributed by atoms with Crippen molar-refractivity contribution in [1.82, 2.24) is 20.5 Å². The summed E-state index contributed by atoms with van der Waals surface area (Å²) in [5.41, 5.74) is 6.05. The number of nitrogens with zero attached hydrogens (tertiary/aromatic N) is 3. The molecule has 11 heteroatoms. The molecule has 0 saturated carbocycles. The summed E-state index contributed by atoms with van der Waals surface area (Å²) in [5.74, 6) is -0.415. The number of benzene rings is 1. The van der Waals surface area contributed by atoms with E-state index in [1.807, 2.05) is 4.90 Å². The van der Waals surface area contributed by atoms with Gasteiger partial charge in [0.1, 0.15) is 33.3 Å². The van der Waals surface area contributed by atoms with Gasteiger partial charge in [-0.1, -0.05) is 23.5 Å². The third-order valence-electron chi connectivity index (χ3n) is 5.71. The smallest absolute Gasteiger partial charge is 0.273 e. The molecule has 0 aliphatic carbocycles. The summed E-state index contributed by atoms with van der Waals surface area (Å²) < 4.78 is 20.0. The molecule has 2 atom stereocenters. The van der Waals surface area contributed by atoms with Gasteiger partial charge in [0.25, 0.3) is 5.91 Å². The molecule has 2 aliphatic heterocycles. The number of nitrogens with one attached hydrogen (secondary N) is 3. The molecule has 2 unspecified atom stereocenters. The highest BCUT2D eigenvalue weighted by Gasteiger charge is 2.42. The summed E-state index contributed by atoms with van der Waals surface area (Å²) in [6.07, 6.45) is 2.08. The molecule has 1 aromatic heterocycles. The van der Waals surface area contributed by atoms with Gasteiger partial charge < -0.3 is 31.4 Å². The van der Waals surface area contributed by atoms with E-state index in [1.165, 1.54) is 6.07 Å². The maximum absolute atomic E-state index is 14.1. The molecule has 2 aliphatic rings. The van der Waals surface area contributed by atoms with E-state index in [9.17, 15) is 9.18 Å². The number of anilines is 1. The van der Waals surface area contributed by atoms with Crippen molar-refractivity contribution in [2.24, 2.45) is 4.99 Å². The number of hydrogen-bond acceptors (Lipinski definition) is 8. The quantitative estimate of drug-likeness (QED) is 0.395. The molecule has 5 N–H and O–H groups in total. The number of thiazole rings is 1. The van der Waals surface area contributed by atoms with Crippen molar-refractivity contribution in [3.8, 4) is 10.6 Å². The summed E-state index contributed by atoms with van der Waals surface area (Å²) in [6.45, 7) is 3.54. The third kappa shape index (κ3) is 4.36. The second-order valence-corrected chi connectivity index (χ2v) is 8.82. The van der Waals surface area contributed by atoms with Crippen molar-refractivity contribution in [2.45, 2.75) is 18.1 Å². The average molecular weight is 460 g/mol. The lowest BCUT2D eigenvalue weighted by atomic mass is 9.94. The second kappa shape index (κ2) is 9.31. The molecule has 0 bridgehead atoms. The van der Waals surface area contributed by atoms with E-state index in [-0.39, 0.29) is 21.9 Å². The zero-order valence-corrected chi connectivity index (χ0v) is 18.5. The Bertz CT molecular complexity index is 1040. The minimum Gasteiger partial charge on any atom is -0.389 e. The van der Waals surface area contributed by atoms with Crippen LogP contribution >= 0.6 is 11.3 Å². The van der Waals surface area contributed by atoms with Gasteiger partial charge in [-0.25, -0.2) is 9.37 Å². The molecule has 1 aromatic carbocycles. The highest BCUT2D eigenvalue weighted by atomic mass is 32.1. The van der Waals surface area contributed by atoms with Crippen molar-refractivity contribution in [3.05, 3.63) is 35.8 Å². The number of amides is 1. The van der Waals surface area contributed by atoms with Crippen molar-refractivity contribution < 1.29 is 13.9 Å². The van der Waals surface area contributed by atoms with Gasteiger partial charge in [-0.2, -0.15) is 0 Å². The summed E-state index contributed by atoms with van der Waals surface area (Å²) in [4.78, 5) is 23.7. The molecule has 32 heavy (non-hydrogen) atoms. The van der Waals surface area contributed by atoms with E-state index in [0.717, 1.165) is 43.7 Å². The first-order chi connectivity index (χ1) is 15.5. The monoisotopic (exact) mass is 459 g/mol. The molecular weight excluding hydrogens is 433 g/mol. The summed E-state index contributed by atoms with van der Waals surface area (Å²) in [5, 5.41) is 14.6. The maximum atomic E-state index is 14.1. The first kappa shape index (κ1) is 22.3. The lowest BCUT2D eigenvalue weighted by molar-refractivity contribution is -0.146. The summed E-state index contributed by atoms with van der Waals surface area (Å²) >= 11 is 1.04. The number of nitrogen functional groups attached to an aromatic ring is 1. The molecule has 9 nitrogen and oxygen atoms in total. The minimum atomic E-state index is -0.763. The number of hydrogen-bond donors (Lipinski definition) is 4. The Morgan fingerprint density at radius 1 is 1.53 bits per heavy atom. The van der Waals surface area contributed by atoms with Crippen LogP contribution in [0.3, 0.4) is 0 Å². The summed E-state index contributed by atoms with van der Waals surface area (Å²) in [7, 11) is 1.64. The lowest BCUT2D eigenvalue weighted by Crippen LogP contribution is -2.58. The Kier molecular flexibility index (Phi) is 6.49. The number of rotatable bonds is 5. The van der Waals surface area contributed by atoms with Gasteiger partial charge in [0.05, 0.1) is 6.61 Å². The van der Waals surface area contributed by atoms with Crippen molar-refractivity contribution in [1.29, 1.82) is 5.41 Å². The van der Waals surface area contributed by atoms with Gasteiger partial charge in [-0.15, -0.1) is 0 Å². The molecule has 0 radical (unpaired) electrons. The highest BCUT2D eigenvalue weighted by molar-refractivity contribution is 7.19. The third-order valence-corrected chi connectivity index (χ3v) is 6.63. The fourth-order valence-corrected chi connectivity index (χ4v) is 4.83. The van der Waals surface area contributed by atoms with E-state index >= 15 is 0 Å². The topological polar surface area (TPSA) is 129 Å². The molecule has 1 spiro atoms. The normalized spacial score (nSPS) is 22.2. The number of amidine groups is 1. The Balaban J connectivity index is 1.52. The predicted octanol–water partition coefficient (Wildman–Crippen LogP) is 1.37. The van der Waals surface area contributed by atoms with Gasteiger partial charge in [-0.3, -0.25) is 9.79 Å². The number of carbonyl (C=O) groups is 1. The number of carbonyl (C=O) groups excluding carboxylic acids is 1. The number of aliphatic imine (C=N–C) groups is 1. The van der Waals surface area contributed by atoms with E-state index in [4.69, 9.17) is 15.9 Å². The van der Waals surface area contributed by atoms with Gasteiger partial charge in [-0.05, 0) is 12.1 Å². The van der Waals surface area contributed by atoms with Crippen molar-refractivity contribution in [3.63, 3.8) is 0 Å². The lowest BCUT2D eigenvalue weighted by Gasteiger charge is -2.44. The van der Waals surface area contributed by atoms with Crippen molar-refractivity contribution >= 4 is 34.3 Å². The van der Waals surface area contributed by atoms with Gasteiger partial charge in [0.2, 0.25) is 0 Å². The Labute approximate surface area is 189 Å². The molecule has 2 saturated heterocycles. The minimum absolute atomic E-state index is 0.00638. The fourth-order valence-electron chi connectivity index (χ4n) is 3.98. The summed E-state index contributed by atoms with van der Waals surface area (Å²) in [6, 6.07) is 5.43. The molecule has 3 heterocycles. The fraction of sp³-hybridized carbons (Fsp3) is 0.429. The van der Waals surface area contributed by atoms with Crippen LogP contribution < -0.4 is 16.4 Å². The molecule has 4 rings (SSSR count). The first-order valence-corrected chi connectivity index (χ1v) is 11.2. The standard InChI is InChI=1S/C21H26FN7O2S/c1-25-18(29-8-7-26-11-21(12-29)6-9-31-21)15(10-23)27-19(30)16-17(24)32-20(28-16)13-4-2-3-5-14(13)22/h2-5,10,15,23,26H,6-9,11-12,24H2,1H3,(H,27,30). The van der Waals surface area contributed by atoms with E-state index in [1.54, 1.807) is 25.2 Å². The Morgan fingerprint density at radius 2 is 2.31 bits per heavy atom. The first-order valence-electron chi connectivity index (χ1n) is 10.4. The van der Waals surface area contributed by atoms with Crippen LogP contribution in [0.1, 0.15) is 16.9 Å². The van der Waals surface area contributed by atoms with Crippen LogP contribution in [-0.4, -0.2) is 79.3 Å². The predicted molar refractivity (Wildman–Crippen MR) is 123 cm³/mol. The van der Waals surface area contributed by atoms with Crippen LogP contribution in [0.4, 0.5) is 9.39 Å².